The minimum atomic E-state index is -3.46. The zero-order valence-corrected chi connectivity index (χ0v) is 18.9. The molecule has 1 saturated heterocycles. The lowest BCUT2D eigenvalue weighted by atomic mass is 10.1. The van der Waals surface area contributed by atoms with Gasteiger partial charge >= 0.3 is 0 Å². The summed E-state index contributed by atoms with van der Waals surface area (Å²) in [4.78, 5) is 13.9. The summed E-state index contributed by atoms with van der Waals surface area (Å²) in [7, 11) is -3.46. The quantitative estimate of drug-likeness (QED) is 0.628. The first-order valence-electron chi connectivity index (χ1n) is 10.0. The Kier molecular flexibility index (Phi) is 7.93. The Morgan fingerprint density at radius 2 is 1.63 bits per heavy atom. The van der Waals surface area contributed by atoms with Crippen molar-refractivity contribution in [3.05, 3.63) is 66.2 Å². The van der Waals surface area contributed by atoms with E-state index in [0.29, 0.717) is 13.1 Å². The van der Waals surface area contributed by atoms with E-state index in [2.05, 4.69) is 5.32 Å². The Hall–Kier alpha value is -1.87. The first kappa shape index (κ1) is 22.8. The summed E-state index contributed by atoms with van der Waals surface area (Å²) in [5.41, 5.74) is 0.877. The van der Waals surface area contributed by atoms with Gasteiger partial charge in [0.25, 0.3) is 0 Å². The average Bonchev–Trinajstić information content (AvgIpc) is 2.72. The Bertz CT molecular complexity index is 913. The van der Waals surface area contributed by atoms with Crippen LogP contribution in [0.25, 0.3) is 0 Å². The van der Waals surface area contributed by atoms with Gasteiger partial charge in [0.1, 0.15) is 5.25 Å². The van der Waals surface area contributed by atoms with E-state index in [1.54, 1.807) is 0 Å². The summed E-state index contributed by atoms with van der Waals surface area (Å²) >= 11 is 1.45. The van der Waals surface area contributed by atoms with Crippen molar-refractivity contribution in [2.45, 2.75) is 36.2 Å². The summed E-state index contributed by atoms with van der Waals surface area (Å²) in [5, 5.41) is 2.36. The van der Waals surface area contributed by atoms with Crippen LogP contribution in [-0.2, 0) is 19.6 Å². The molecule has 0 aromatic heterocycles. The third-order valence-corrected chi connectivity index (χ3v) is 7.85. The van der Waals surface area contributed by atoms with Crippen LogP contribution in [0.2, 0.25) is 0 Å². The maximum absolute atomic E-state index is 13.0. The Balaban J connectivity index is 1.63. The number of nitrogens with one attached hydrogen (secondary N) is 1. The van der Waals surface area contributed by atoms with Gasteiger partial charge in [0.15, 0.2) is 0 Å². The topological polar surface area (TPSA) is 75.7 Å². The molecule has 2 aromatic rings. The minimum Gasteiger partial charge on any atom is -0.373 e. The third kappa shape index (κ3) is 6.31. The first-order valence-corrected chi connectivity index (χ1v) is 12.5. The van der Waals surface area contributed by atoms with Crippen LogP contribution in [0.15, 0.2) is 65.6 Å². The fourth-order valence-electron chi connectivity index (χ4n) is 3.42. The number of amides is 1. The van der Waals surface area contributed by atoms with Gasteiger partial charge in [-0.1, -0.05) is 48.5 Å². The molecule has 1 amide bonds. The van der Waals surface area contributed by atoms with Gasteiger partial charge in [0.05, 0.1) is 18.0 Å². The number of hydrogen-bond donors (Lipinski definition) is 1. The third-order valence-electron chi connectivity index (χ3n) is 4.78. The predicted molar refractivity (Wildman–Crippen MR) is 120 cm³/mol. The van der Waals surface area contributed by atoms with E-state index in [1.807, 2.05) is 74.5 Å². The Morgan fingerprint density at radius 3 is 2.23 bits per heavy atom. The molecular weight excluding hydrogens is 420 g/mol. The van der Waals surface area contributed by atoms with E-state index < -0.39 is 15.3 Å². The van der Waals surface area contributed by atoms with Crippen LogP contribution in [0.5, 0.6) is 0 Å². The van der Waals surface area contributed by atoms with Gasteiger partial charge in [-0.05, 0) is 31.5 Å². The van der Waals surface area contributed by atoms with E-state index in [1.165, 1.54) is 16.1 Å². The van der Waals surface area contributed by atoms with Crippen molar-refractivity contribution in [1.82, 2.24) is 9.62 Å². The van der Waals surface area contributed by atoms with Gasteiger partial charge in [-0.3, -0.25) is 4.79 Å². The molecule has 1 N–H and O–H groups in total. The molecule has 1 aliphatic rings. The second kappa shape index (κ2) is 10.4. The standard InChI is InChI=1S/C22H28N2O4S2/c1-17-15-24(16-18(2)28-17)30(26,27)14-13-23-22(25)21(19-9-5-3-6-10-19)29-20-11-7-4-8-12-20/h3-12,17-18,21H,13-16H2,1-2H3,(H,23,25)/t17-,18+,21-/m1/s1. The van der Waals surface area contributed by atoms with Crippen LogP contribution < -0.4 is 5.32 Å². The second-order valence-corrected chi connectivity index (χ2v) is 10.7. The van der Waals surface area contributed by atoms with Crippen molar-refractivity contribution in [3.8, 4) is 0 Å². The fraction of sp³-hybridized carbons (Fsp3) is 0.409. The average molecular weight is 449 g/mol. The summed E-state index contributed by atoms with van der Waals surface area (Å²) < 4.78 is 32.5. The summed E-state index contributed by atoms with van der Waals surface area (Å²) in [6.45, 7) is 4.49. The van der Waals surface area contributed by atoms with Gasteiger partial charge in [0.2, 0.25) is 15.9 Å². The lowest BCUT2D eigenvalue weighted by Crippen LogP contribution is -2.49. The maximum Gasteiger partial charge on any atom is 0.238 e. The van der Waals surface area contributed by atoms with Gasteiger partial charge in [0, 0.05) is 24.5 Å². The minimum absolute atomic E-state index is 0.0694. The molecule has 0 radical (unpaired) electrons. The lowest BCUT2D eigenvalue weighted by molar-refractivity contribution is -0.120. The molecule has 0 saturated carbocycles. The maximum atomic E-state index is 13.0. The van der Waals surface area contributed by atoms with Crippen LogP contribution >= 0.6 is 11.8 Å². The van der Waals surface area contributed by atoms with Gasteiger partial charge in [-0.2, -0.15) is 4.31 Å². The molecule has 162 valence electrons. The lowest BCUT2D eigenvalue weighted by Gasteiger charge is -2.34. The number of morpholine rings is 1. The number of thioether (sulfide) groups is 1. The van der Waals surface area contributed by atoms with Crippen molar-refractivity contribution in [1.29, 1.82) is 0 Å². The zero-order valence-electron chi connectivity index (χ0n) is 17.2. The zero-order chi connectivity index (χ0) is 21.6. The molecular formula is C22H28N2O4S2. The van der Waals surface area contributed by atoms with E-state index in [0.717, 1.165) is 10.5 Å². The summed E-state index contributed by atoms with van der Waals surface area (Å²) in [6, 6.07) is 19.2. The van der Waals surface area contributed by atoms with Crippen molar-refractivity contribution < 1.29 is 17.9 Å². The first-order chi connectivity index (χ1) is 14.3. The number of nitrogens with zero attached hydrogens (tertiary/aromatic N) is 1. The normalized spacial score (nSPS) is 21.1. The van der Waals surface area contributed by atoms with Crippen molar-refractivity contribution in [2.75, 3.05) is 25.4 Å². The molecule has 0 aliphatic carbocycles. The van der Waals surface area contributed by atoms with Crippen molar-refractivity contribution >= 4 is 27.7 Å². The van der Waals surface area contributed by atoms with Crippen LogP contribution in [0.1, 0.15) is 24.7 Å². The predicted octanol–water partition coefficient (Wildman–Crippen LogP) is 3.08. The van der Waals surface area contributed by atoms with Crippen LogP contribution in [0, 0.1) is 0 Å². The smallest absolute Gasteiger partial charge is 0.238 e. The highest BCUT2D eigenvalue weighted by molar-refractivity contribution is 8.00. The van der Waals surface area contributed by atoms with Gasteiger partial charge in [-0.25, -0.2) is 8.42 Å². The monoisotopic (exact) mass is 448 g/mol. The fourth-order valence-corrected chi connectivity index (χ4v) is 5.98. The van der Waals surface area contributed by atoms with E-state index >= 15 is 0 Å². The molecule has 3 atom stereocenters. The molecule has 0 unspecified atom stereocenters. The number of ether oxygens (including phenoxy) is 1. The summed E-state index contributed by atoms with van der Waals surface area (Å²) in [5.74, 6) is -0.329. The number of rotatable bonds is 8. The Morgan fingerprint density at radius 1 is 1.07 bits per heavy atom. The van der Waals surface area contributed by atoms with Crippen molar-refractivity contribution in [3.63, 3.8) is 0 Å². The number of hydrogen-bond acceptors (Lipinski definition) is 5. The molecule has 3 rings (SSSR count). The van der Waals surface area contributed by atoms with Crippen LogP contribution in [0.3, 0.4) is 0 Å². The highest BCUT2D eigenvalue weighted by Gasteiger charge is 2.31. The highest BCUT2D eigenvalue weighted by Crippen LogP contribution is 2.35. The van der Waals surface area contributed by atoms with Gasteiger partial charge < -0.3 is 10.1 Å². The number of carbonyl (C=O) groups is 1. The molecule has 2 aromatic carbocycles. The molecule has 0 bridgehead atoms. The molecule has 30 heavy (non-hydrogen) atoms. The van der Waals surface area contributed by atoms with Crippen molar-refractivity contribution in [2.24, 2.45) is 0 Å². The second-order valence-electron chi connectivity index (χ2n) is 7.40. The molecule has 0 spiro atoms. The van der Waals surface area contributed by atoms with E-state index in [4.69, 9.17) is 4.74 Å². The molecule has 1 fully saturated rings. The molecule has 1 aliphatic heterocycles. The molecule has 8 heteroatoms. The molecule has 1 heterocycles. The largest absolute Gasteiger partial charge is 0.373 e. The van der Waals surface area contributed by atoms with Gasteiger partial charge in [-0.15, -0.1) is 11.8 Å². The number of sulfonamides is 1. The highest BCUT2D eigenvalue weighted by atomic mass is 32.2. The van der Waals surface area contributed by atoms with E-state index in [-0.39, 0.29) is 30.4 Å². The number of benzene rings is 2. The van der Waals surface area contributed by atoms with Crippen LogP contribution in [-0.4, -0.2) is 56.2 Å². The molecule has 6 nitrogen and oxygen atoms in total. The van der Waals surface area contributed by atoms with E-state index in [9.17, 15) is 13.2 Å². The number of carbonyl (C=O) groups excluding carboxylic acids is 1. The summed E-state index contributed by atoms with van der Waals surface area (Å²) in [6.07, 6.45) is -0.273. The Labute approximate surface area is 183 Å². The SMILES string of the molecule is C[C@@H]1CN(S(=O)(=O)CCNC(=O)[C@H](Sc2ccccc2)c2ccccc2)C[C@H](C)O1. The van der Waals surface area contributed by atoms with Crippen LogP contribution in [0.4, 0.5) is 0 Å².